The number of rotatable bonds is 9. The van der Waals surface area contributed by atoms with Crippen molar-refractivity contribution in [1.29, 1.82) is 0 Å². The van der Waals surface area contributed by atoms with E-state index in [0.717, 1.165) is 18.7 Å². The van der Waals surface area contributed by atoms with Crippen molar-refractivity contribution < 1.29 is 17.9 Å². The topological polar surface area (TPSA) is 126 Å². The van der Waals surface area contributed by atoms with E-state index in [1.165, 1.54) is 0 Å². The number of sulfonamides is 1. The second kappa shape index (κ2) is 9.32. The Morgan fingerprint density at radius 3 is 2.53 bits per heavy atom. The second-order valence-corrected chi connectivity index (χ2v) is 12.2. The lowest BCUT2D eigenvalue weighted by Crippen LogP contribution is -2.38. The number of anilines is 2. The molecular weight excluding hydrogens is 504 g/mol. The summed E-state index contributed by atoms with van der Waals surface area (Å²) >= 11 is 0. The molecule has 3 aliphatic rings. The van der Waals surface area contributed by atoms with Gasteiger partial charge in [-0.1, -0.05) is 12.1 Å². The largest absolute Gasteiger partial charge is 0.477 e. The third-order valence-electron chi connectivity index (χ3n) is 7.69. The first kappa shape index (κ1) is 24.7. The number of fused-ring (bicyclic) bond motifs is 1. The Labute approximate surface area is 221 Å². The van der Waals surface area contributed by atoms with Crippen molar-refractivity contribution in [3.8, 4) is 17.1 Å². The molecule has 6 rings (SSSR count). The molecule has 2 N–H and O–H groups in total. The Morgan fingerprint density at radius 1 is 1.11 bits per heavy atom. The zero-order valence-corrected chi connectivity index (χ0v) is 22.1. The number of aromatic nitrogens is 3. The van der Waals surface area contributed by atoms with Gasteiger partial charge in [-0.05, 0) is 62.9 Å². The fourth-order valence-corrected chi connectivity index (χ4v) is 7.05. The van der Waals surface area contributed by atoms with Crippen LogP contribution in [-0.2, 0) is 20.2 Å². The molecule has 3 heterocycles. The van der Waals surface area contributed by atoms with Crippen LogP contribution in [0.5, 0.6) is 5.88 Å². The highest BCUT2D eigenvalue weighted by molar-refractivity contribution is 7.93. The van der Waals surface area contributed by atoms with E-state index in [0.29, 0.717) is 48.1 Å². The van der Waals surface area contributed by atoms with Gasteiger partial charge in [0.05, 0.1) is 41.3 Å². The van der Waals surface area contributed by atoms with Crippen LogP contribution < -0.4 is 14.8 Å². The zero-order chi connectivity index (χ0) is 26.5. The number of likely N-dealkylation sites (tertiary alicyclic amines) is 1. The highest BCUT2D eigenvalue weighted by Crippen LogP contribution is 2.63. The maximum absolute atomic E-state index is 13.9. The highest BCUT2D eigenvalue weighted by Gasteiger charge is 2.73. The number of ether oxygens (including phenoxy) is 1. The van der Waals surface area contributed by atoms with E-state index in [2.05, 4.69) is 29.9 Å². The van der Waals surface area contributed by atoms with Gasteiger partial charge in [-0.2, -0.15) is 0 Å². The molecule has 198 valence electrons. The first-order valence-corrected chi connectivity index (χ1v) is 14.4. The van der Waals surface area contributed by atoms with E-state index in [9.17, 15) is 13.2 Å². The number of benzene rings is 1. The molecule has 0 radical (unpaired) electrons. The van der Waals surface area contributed by atoms with E-state index in [1.807, 2.05) is 38.2 Å². The minimum atomic E-state index is -3.42. The van der Waals surface area contributed by atoms with Crippen molar-refractivity contribution in [2.75, 3.05) is 36.8 Å². The van der Waals surface area contributed by atoms with Crippen molar-refractivity contribution >= 4 is 27.3 Å². The van der Waals surface area contributed by atoms with E-state index < -0.39 is 15.4 Å². The summed E-state index contributed by atoms with van der Waals surface area (Å²) in [6.45, 7) is 3.97. The standard InChI is InChI=1S/C27H30N6O4S/c1-3-37-25-14-28-13-23(31-25)17-4-6-18(7-5-17)30-26(34)27(21-15-33(2)16-22(21)27)24-12-19(10-11-29-24)32-38(35,36)20-8-9-20/h4-7,10-14,20-22H,3,8-9,15-16H2,1-2H3,(H,29,32)(H,30,34)/t21-,22+,27?. The maximum atomic E-state index is 13.9. The second-order valence-electron chi connectivity index (χ2n) is 10.3. The van der Waals surface area contributed by atoms with Crippen LogP contribution in [0.2, 0.25) is 0 Å². The number of pyridine rings is 1. The minimum Gasteiger partial charge on any atom is -0.477 e. The molecule has 38 heavy (non-hydrogen) atoms. The molecule has 2 saturated carbocycles. The lowest BCUT2D eigenvalue weighted by Gasteiger charge is -2.24. The van der Waals surface area contributed by atoms with Crippen molar-refractivity contribution in [1.82, 2.24) is 19.9 Å². The molecule has 1 unspecified atom stereocenters. The van der Waals surface area contributed by atoms with Gasteiger partial charge >= 0.3 is 0 Å². The molecule has 10 nitrogen and oxygen atoms in total. The number of hydrogen-bond acceptors (Lipinski definition) is 8. The highest BCUT2D eigenvalue weighted by atomic mass is 32.2. The van der Waals surface area contributed by atoms with Crippen LogP contribution in [0.25, 0.3) is 11.3 Å². The van der Waals surface area contributed by atoms with Crippen LogP contribution in [0.3, 0.4) is 0 Å². The molecule has 2 aliphatic carbocycles. The van der Waals surface area contributed by atoms with Gasteiger partial charge in [0.1, 0.15) is 5.41 Å². The van der Waals surface area contributed by atoms with Crippen molar-refractivity contribution in [3.63, 3.8) is 0 Å². The van der Waals surface area contributed by atoms with Crippen molar-refractivity contribution in [2.45, 2.75) is 30.4 Å². The molecule has 1 aromatic carbocycles. The van der Waals surface area contributed by atoms with Crippen LogP contribution in [0.1, 0.15) is 25.5 Å². The van der Waals surface area contributed by atoms with Gasteiger partial charge in [-0.25, -0.2) is 13.4 Å². The molecule has 3 aromatic rings. The maximum Gasteiger partial charge on any atom is 0.237 e. The molecule has 3 atom stereocenters. The average Bonchev–Trinajstić information content (AvgIpc) is 3.81. The Kier molecular flexibility index (Phi) is 6.07. The first-order valence-electron chi connectivity index (χ1n) is 12.8. The molecule has 2 aromatic heterocycles. The molecule has 1 aliphatic heterocycles. The predicted molar refractivity (Wildman–Crippen MR) is 143 cm³/mol. The number of hydrogen-bond donors (Lipinski definition) is 2. The lowest BCUT2D eigenvalue weighted by atomic mass is 9.93. The van der Waals surface area contributed by atoms with Crippen LogP contribution in [0, 0.1) is 11.8 Å². The summed E-state index contributed by atoms with van der Waals surface area (Å²) < 4.78 is 33.1. The third-order valence-corrected chi connectivity index (χ3v) is 9.56. The van der Waals surface area contributed by atoms with Gasteiger partial charge < -0.3 is 15.0 Å². The van der Waals surface area contributed by atoms with Crippen LogP contribution >= 0.6 is 0 Å². The quantitative estimate of drug-likeness (QED) is 0.429. The van der Waals surface area contributed by atoms with Crippen molar-refractivity contribution in [3.05, 3.63) is 60.7 Å². The summed E-state index contributed by atoms with van der Waals surface area (Å²) in [4.78, 5) is 29.3. The van der Waals surface area contributed by atoms with Gasteiger partial charge in [0, 0.05) is 30.5 Å². The van der Waals surface area contributed by atoms with Gasteiger partial charge in [0.2, 0.25) is 21.8 Å². The van der Waals surface area contributed by atoms with E-state index in [1.54, 1.807) is 30.7 Å². The lowest BCUT2D eigenvalue weighted by molar-refractivity contribution is -0.119. The molecule has 11 heteroatoms. The fourth-order valence-electron chi connectivity index (χ4n) is 5.67. The zero-order valence-electron chi connectivity index (χ0n) is 21.3. The van der Waals surface area contributed by atoms with Crippen LogP contribution in [0.15, 0.2) is 55.0 Å². The molecule has 0 spiro atoms. The summed E-state index contributed by atoms with van der Waals surface area (Å²) in [6, 6.07) is 10.8. The number of amides is 1. The van der Waals surface area contributed by atoms with E-state index in [4.69, 9.17) is 4.74 Å². The third kappa shape index (κ3) is 4.39. The molecule has 1 amide bonds. The SMILES string of the molecule is CCOc1cncc(-c2ccc(NC(=O)C3(c4cc(NS(=O)(=O)C5CC5)ccn4)[C@@H]4CN(C)C[C@@H]43)cc2)n1. The summed E-state index contributed by atoms with van der Waals surface area (Å²) in [7, 11) is -1.37. The number of piperidine rings is 1. The minimum absolute atomic E-state index is 0.117. The first-order chi connectivity index (χ1) is 18.3. The monoisotopic (exact) mass is 534 g/mol. The van der Waals surface area contributed by atoms with E-state index in [-0.39, 0.29) is 23.0 Å². The number of nitrogens with one attached hydrogen (secondary N) is 2. The smallest absolute Gasteiger partial charge is 0.237 e. The van der Waals surface area contributed by atoms with E-state index >= 15 is 0 Å². The normalized spacial score (nSPS) is 24.5. The predicted octanol–water partition coefficient (Wildman–Crippen LogP) is 2.91. The number of carbonyl (C=O) groups is 1. The summed E-state index contributed by atoms with van der Waals surface area (Å²) in [6.07, 6.45) is 6.19. The molecule has 1 saturated heterocycles. The Morgan fingerprint density at radius 2 is 1.84 bits per heavy atom. The number of nitrogens with zero attached hydrogens (tertiary/aromatic N) is 4. The fraction of sp³-hybridized carbons (Fsp3) is 0.407. The van der Waals surface area contributed by atoms with Gasteiger partial charge in [0.15, 0.2) is 0 Å². The van der Waals surface area contributed by atoms with Gasteiger partial charge in [0.25, 0.3) is 0 Å². The summed E-state index contributed by atoms with van der Waals surface area (Å²) in [5.74, 6) is 0.571. The molecular formula is C27H30N6O4S. The Balaban J connectivity index is 1.24. The van der Waals surface area contributed by atoms with Gasteiger partial charge in [-0.3, -0.25) is 19.5 Å². The average molecular weight is 535 g/mol. The Bertz CT molecular complexity index is 1460. The Hall–Kier alpha value is -3.57. The molecule has 3 fully saturated rings. The summed E-state index contributed by atoms with van der Waals surface area (Å²) in [5, 5.41) is 2.76. The molecule has 0 bridgehead atoms. The number of carbonyl (C=O) groups excluding carboxylic acids is 1. The van der Waals surface area contributed by atoms with Crippen LogP contribution in [-0.4, -0.2) is 66.2 Å². The van der Waals surface area contributed by atoms with Gasteiger partial charge in [-0.15, -0.1) is 0 Å². The van der Waals surface area contributed by atoms with Crippen LogP contribution in [0.4, 0.5) is 11.4 Å². The summed E-state index contributed by atoms with van der Waals surface area (Å²) in [5.41, 5.74) is 2.45. The van der Waals surface area contributed by atoms with Crippen molar-refractivity contribution in [2.24, 2.45) is 11.8 Å².